The molecule has 0 aromatic heterocycles. The van der Waals surface area contributed by atoms with E-state index in [1.165, 1.54) is 6.42 Å². The number of hydrogen-bond donors (Lipinski definition) is 2. The average molecular weight is 311 g/mol. The van der Waals surface area contributed by atoms with E-state index in [1.807, 2.05) is 25.1 Å². The molecule has 1 heterocycles. The highest BCUT2D eigenvalue weighted by molar-refractivity contribution is 9.10. The zero-order valence-corrected chi connectivity index (χ0v) is 12.2. The Kier molecular flexibility index (Phi) is 4.78. The van der Waals surface area contributed by atoms with Crippen LogP contribution in [0.15, 0.2) is 22.7 Å². The third-order valence-corrected chi connectivity index (χ3v) is 4.49. The molecule has 1 unspecified atom stereocenters. The average Bonchev–Trinajstić information content (AvgIpc) is 2.85. The van der Waals surface area contributed by atoms with Gasteiger partial charge < -0.3 is 10.6 Å². The number of benzene rings is 1. The van der Waals surface area contributed by atoms with Crippen molar-refractivity contribution in [1.29, 1.82) is 0 Å². The molecular formula is C14H19BrN2O. The second kappa shape index (κ2) is 6.34. The predicted octanol–water partition coefficient (Wildman–Crippen LogP) is 2.49. The number of carbonyl (C=O) groups is 1. The summed E-state index contributed by atoms with van der Waals surface area (Å²) in [6.45, 7) is 4.95. The molecule has 0 aliphatic carbocycles. The van der Waals surface area contributed by atoms with Crippen molar-refractivity contribution in [3.63, 3.8) is 0 Å². The number of amides is 1. The van der Waals surface area contributed by atoms with Crippen molar-refractivity contribution in [1.82, 2.24) is 10.6 Å². The molecule has 18 heavy (non-hydrogen) atoms. The number of hydrogen-bond acceptors (Lipinski definition) is 2. The Labute approximate surface area is 116 Å². The Bertz CT molecular complexity index is 428. The minimum atomic E-state index is 0.0107. The van der Waals surface area contributed by atoms with E-state index in [0.717, 1.165) is 41.7 Å². The second-order valence-corrected chi connectivity index (χ2v) is 5.63. The Morgan fingerprint density at radius 1 is 1.56 bits per heavy atom. The molecule has 1 fully saturated rings. The van der Waals surface area contributed by atoms with E-state index >= 15 is 0 Å². The molecule has 1 atom stereocenters. The van der Waals surface area contributed by atoms with Gasteiger partial charge in [0.25, 0.3) is 5.91 Å². The molecule has 3 nitrogen and oxygen atoms in total. The fourth-order valence-electron chi connectivity index (χ4n) is 2.27. The van der Waals surface area contributed by atoms with Crippen LogP contribution in [-0.2, 0) is 0 Å². The maximum absolute atomic E-state index is 12.0. The molecular weight excluding hydrogens is 292 g/mol. The normalized spacial score (nSPS) is 18.9. The van der Waals surface area contributed by atoms with Gasteiger partial charge >= 0.3 is 0 Å². The lowest BCUT2D eigenvalue weighted by molar-refractivity contribution is 0.0951. The summed E-state index contributed by atoms with van der Waals surface area (Å²) in [5.41, 5.74) is 1.81. The van der Waals surface area contributed by atoms with Gasteiger partial charge in [0.05, 0.1) is 5.56 Å². The van der Waals surface area contributed by atoms with E-state index in [-0.39, 0.29) is 5.91 Å². The molecule has 98 valence electrons. The van der Waals surface area contributed by atoms with E-state index in [2.05, 4.69) is 26.6 Å². The second-order valence-electron chi connectivity index (χ2n) is 4.84. The smallest absolute Gasteiger partial charge is 0.252 e. The maximum atomic E-state index is 12.0. The van der Waals surface area contributed by atoms with Crippen LogP contribution in [0, 0.1) is 12.8 Å². The van der Waals surface area contributed by atoms with Crippen LogP contribution in [0.25, 0.3) is 0 Å². The van der Waals surface area contributed by atoms with Gasteiger partial charge in [0.2, 0.25) is 0 Å². The van der Waals surface area contributed by atoms with Crippen molar-refractivity contribution in [2.24, 2.45) is 5.92 Å². The summed E-state index contributed by atoms with van der Waals surface area (Å²) < 4.78 is 0.894. The summed E-state index contributed by atoms with van der Waals surface area (Å²) in [6, 6.07) is 5.75. The fourth-order valence-corrected chi connectivity index (χ4v) is 2.71. The van der Waals surface area contributed by atoms with Gasteiger partial charge in [0, 0.05) is 11.0 Å². The van der Waals surface area contributed by atoms with Gasteiger partial charge in [0.1, 0.15) is 0 Å². The topological polar surface area (TPSA) is 41.1 Å². The first kappa shape index (κ1) is 13.6. The molecule has 2 N–H and O–H groups in total. The van der Waals surface area contributed by atoms with Crippen molar-refractivity contribution >= 4 is 21.8 Å². The SMILES string of the molecule is Cc1cccc(C(=O)NCCC2CCNC2)c1Br. The summed E-state index contributed by atoms with van der Waals surface area (Å²) in [6.07, 6.45) is 2.28. The van der Waals surface area contributed by atoms with Crippen LogP contribution in [-0.4, -0.2) is 25.5 Å². The first-order valence-corrected chi connectivity index (χ1v) is 7.22. The zero-order valence-electron chi connectivity index (χ0n) is 10.6. The van der Waals surface area contributed by atoms with E-state index in [9.17, 15) is 4.79 Å². The van der Waals surface area contributed by atoms with Crippen LogP contribution in [0.3, 0.4) is 0 Å². The fraction of sp³-hybridized carbons (Fsp3) is 0.500. The van der Waals surface area contributed by atoms with Crippen molar-refractivity contribution in [3.05, 3.63) is 33.8 Å². The standard InChI is InChI=1S/C14H19BrN2O/c1-10-3-2-4-12(13(10)15)14(18)17-8-6-11-5-7-16-9-11/h2-4,11,16H,5-9H2,1H3,(H,17,18). The van der Waals surface area contributed by atoms with Crippen LogP contribution >= 0.6 is 15.9 Å². The predicted molar refractivity (Wildman–Crippen MR) is 76.8 cm³/mol. The molecule has 0 bridgehead atoms. The third-order valence-electron chi connectivity index (χ3n) is 3.44. The Balaban J connectivity index is 1.85. The van der Waals surface area contributed by atoms with Crippen LogP contribution in [0.2, 0.25) is 0 Å². The summed E-state index contributed by atoms with van der Waals surface area (Å²) in [7, 11) is 0. The minimum Gasteiger partial charge on any atom is -0.352 e. The van der Waals surface area contributed by atoms with E-state index in [1.54, 1.807) is 0 Å². The van der Waals surface area contributed by atoms with Gasteiger partial charge in [-0.3, -0.25) is 4.79 Å². The van der Waals surface area contributed by atoms with Gasteiger partial charge in [-0.05, 0) is 66.3 Å². The lowest BCUT2D eigenvalue weighted by Gasteiger charge is -2.11. The van der Waals surface area contributed by atoms with E-state index in [0.29, 0.717) is 5.92 Å². The number of aryl methyl sites for hydroxylation is 1. The van der Waals surface area contributed by atoms with Crippen LogP contribution < -0.4 is 10.6 Å². The monoisotopic (exact) mass is 310 g/mol. The summed E-state index contributed by atoms with van der Waals surface area (Å²) >= 11 is 3.47. The van der Waals surface area contributed by atoms with Crippen LogP contribution in [0.1, 0.15) is 28.8 Å². The minimum absolute atomic E-state index is 0.0107. The summed E-state index contributed by atoms with van der Waals surface area (Å²) in [5.74, 6) is 0.725. The number of nitrogens with one attached hydrogen (secondary N) is 2. The molecule has 0 saturated carbocycles. The molecule has 4 heteroatoms. The summed E-state index contributed by atoms with van der Waals surface area (Å²) in [4.78, 5) is 12.0. The van der Waals surface area contributed by atoms with Crippen molar-refractivity contribution in [2.45, 2.75) is 19.8 Å². The van der Waals surface area contributed by atoms with Crippen molar-refractivity contribution in [3.8, 4) is 0 Å². The van der Waals surface area contributed by atoms with Crippen molar-refractivity contribution < 1.29 is 4.79 Å². The third kappa shape index (κ3) is 3.33. The molecule has 0 radical (unpaired) electrons. The molecule has 1 aliphatic rings. The highest BCUT2D eigenvalue weighted by Gasteiger charge is 2.15. The first-order chi connectivity index (χ1) is 8.68. The van der Waals surface area contributed by atoms with Crippen LogP contribution in [0.5, 0.6) is 0 Å². The highest BCUT2D eigenvalue weighted by atomic mass is 79.9. The molecule has 0 spiro atoms. The molecule has 1 aliphatic heterocycles. The van der Waals surface area contributed by atoms with E-state index in [4.69, 9.17) is 0 Å². The maximum Gasteiger partial charge on any atom is 0.252 e. The lowest BCUT2D eigenvalue weighted by atomic mass is 10.1. The lowest BCUT2D eigenvalue weighted by Crippen LogP contribution is -2.26. The number of rotatable bonds is 4. The van der Waals surface area contributed by atoms with Gasteiger partial charge in [-0.15, -0.1) is 0 Å². The van der Waals surface area contributed by atoms with Gasteiger partial charge in [0.15, 0.2) is 0 Å². The number of halogens is 1. The molecule has 1 aromatic carbocycles. The highest BCUT2D eigenvalue weighted by Crippen LogP contribution is 2.21. The Hall–Kier alpha value is -0.870. The van der Waals surface area contributed by atoms with E-state index < -0.39 is 0 Å². The van der Waals surface area contributed by atoms with Crippen molar-refractivity contribution in [2.75, 3.05) is 19.6 Å². The quantitative estimate of drug-likeness (QED) is 0.897. The van der Waals surface area contributed by atoms with Gasteiger partial charge in [-0.2, -0.15) is 0 Å². The molecule has 2 rings (SSSR count). The Morgan fingerprint density at radius 2 is 2.39 bits per heavy atom. The molecule has 1 aromatic rings. The van der Waals surface area contributed by atoms with Gasteiger partial charge in [-0.25, -0.2) is 0 Å². The molecule has 1 saturated heterocycles. The Morgan fingerprint density at radius 3 is 3.11 bits per heavy atom. The van der Waals surface area contributed by atoms with Gasteiger partial charge in [-0.1, -0.05) is 12.1 Å². The summed E-state index contributed by atoms with van der Waals surface area (Å²) in [5, 5.41) is 6.34. The number of carbonyl (C=O) groups excluding carboxylic acids is 1. The largest absolute Gasteiger partial charge is 0.352 e. The van der Waals surface area contributed by atoms with Crippen LogP contribution in [0.4, 0.5) is 0 Å². The first-order valence-electron chi connectivity index (χ1n) is 6.42. The zero-order chi connectivity index (χ0) is 13.0. The molecule has 1 amide bonds.